The van der Waals surface area contributed by atoms with E-state index in [0.29, 0.717) is 0 Å². The second-order valence-corrected chi connectivity index (χ2v) is 3.99. The fourth-order valence-corrected chi connectivity index (χ4v) is 1.53. The van der Waals surface area contributed by atoms with E-state index in [-0.39, 0.29) is 0 Å². The summed E-state index contributed by atoms with van der Waals surface area (Å²) in [6, 6.07) is 6.29. The zero-order valence-corrected chi connectivity index (χ0v) is 9.69. The van der Waals surface area contributed by atoms with Gasteiger partial charge in [-0.25, -0.2) is 0 Å². The summed E-state index contributed by atoms with van der Waals surface area (Å²) in [5.41, 5.74) is 2.46. The Hall–Kier alpha value is -0.530. The lowest BCUT2D eigenvalue weighted by atomic mass is 10.1. The molecule has 0 fully saturated rings. The fraction of sp³-hybridized carbons (Fsp3) is 0.500. The normalized spacial score (nSPS) is 10.5. The van der Waals surface area contributed by atoms with Crippen molar-refractivity contribution in [1.29, 1.82) is 0 Å². The average Bonchev–Trinajstić information content (AvgIpc) is 2.18. The largest absolute Gasteiger partial charge is 0.316 e. The van der Waals surface area contributed by atoms with E-state index in [9.17, 15) is 0 Å². The maximum absolute atomic E-state index is 6.03. The average molecular weight is 212 g/mol. The predicted octanol–water partition coefficient (Wildman–Crippen LogP) is 3.19. The molecule has 2 heteroatoms. The molecule has 0 radical (unpaired) electrons. The Bertz CT molecular complexity index is 284. The molecule has 14 heavy (non-hydrogen) atoms. The molecule has 78 valence electrons. The molecule has 1 rings (SSSR count). The number of halogens is 1. The molecule has 0 atom stereocenters. The van der Waals surface area contributed by atoms with Crippen molar-refractivity contribution in [3.63, 3.8) is 0 Å². The fourth-order valence-electron chi connectivity index (χ4n) is 1.33. The van der Waals surface area contributed by atoms with E-state index in [0.717, 1.165) is 30.1 Å². The molecule has 0 aliphatic heterocycles. The van der Waals surface area contributed by atoms with Crippen LogP contribution in [0.4, 0.5) is 0 Å². The maximum Gasteiger partial charge on any atom is 0.0437 e. The summed E-state index contributed by atoms with van der Waals surface area (Å²) >= 11 is 6.03. The van der Waals surface area contributed by atoms with Crippen LogP contribution in [0.5, 0.6) is 0 Å². The van der Waals surface area contributed by atoms with E-state index in [1.54, 1.807) is 0 Å². The van der Waals surface area contributed by atoms with E-state index >= 15 is 0 Å². The van der Waals surface area contributed by atoms with Gasteiger partial charge < -0.3 is 5.32 Å². The minimum atomic E-state index is 0.873. The topological polar surface area (TPSA) is 12.0 Å². The first kappa shape index (κ1) is 11.5. The van der Waals surface area contributed by atoms with Crippen molar-refractivity contribution in [2.75, 3.05) is 13.1 Å². The first-order valence-corrected chi connectivity index (χ1v) is 5.57. The summed E-state index contributed by atoms with van der Waals surface area (Å²) in [4.78, 5) is 0. The lowest BCUT2D eigenvalue weighted by Crippen LogP contribution is -2.17. The van der Waals surface area contributed by atoms with Crippen molar-refractivity contribution in [3.8, 4) is 0 Å². The molecule has 0 bridgehead atoms. The monoisotopic (exact) mass is 211 g/mol. The van der Waals surface area contributed by atoms with Crippen molar-refractivity contribution in [2.45, 2.75) is 26.7 Å². The number of hydrogen-bond acceptors (Lipinski definition) is 1. The van der Waals surface area contributed by atoms with E-state index in [4.69, 9.17) is 11.6 Å². The lowest BCUT2D eigenvalue weighted by Gasteiger charge is -2.05. The Morgan fingerprint density at radius 2 is 2.07 bits per heavy atom. The van der Waals surface area contributed by atoms with Crippen LogP contribution in [0.25, 0.3) is 0 Å². The number of nitrogens with one attached hydrogen (secondary N) is 1. The highest BCUT2D eigenvalue weighted by atomic mass is 35.5. The SMILES string of the molecule is CCCNCCc1ccc(C)c(Cl)c1. The van der Waals surface area contributed by atoms with Gasteiger partial charge in [0.1, 0.15) is 0 Å². The van der Waals surface area contributed by atoms with E-state index in [1.165, 1.54) is 12.0 Å². The molecule has 1 nitrogen and oxygen atoms in total. The highest BCUT2D eigenvalue weighted by Gasteiger charge is 1.97. The van der Waals surface area contributed by atoms with E-state index in [2.05, 4.69) is 30.4 Å². The van der Waals surface area contributed by atoms with Gasteiger partial charge in [-0.2, -0.15) is 0 Å². The Kier molecular flexibility index (Phi) is 4.99. The molecule has 0 aromatic heterocycles. The van der Waals surface area contributed by atoms with Crippen LogP contribution >= 0.6 is 11.6 Å². The summed E-state index contributed by atoms with van der Waals surface area (Å²) in [6.07, 6.45) is 2.24. The summed E-state index contributed by atoms with van der Waals surface area (Å²) < 4.78 is 0. The van der Waals surface area contributed by atoms with Crippen LogP contribution in [0.1, 0.15) is 24.5 Å². The third-order valence-electron chi connectivity index (χ3n) is 2.25. The molecule has 1 N–H and O–H groups in total. The molecular formula is C12H18ClN. The molecule has 1 aromatic rings. The molecule has 0 aliphatic carbocycles. The van der Waals surface area contributed by atoms with Gasteiger partial charge in [-0.15, -0.1) is 0 Å². The third-order valence-corrected chi connectivity index (χ3v) is 2.66. The van der Waals surface area contributed by atoms with Gasteiger partial charge in [-0.1, -0.05) is 30.7 Å². The number of rotatable bonds is 5. The minimum Gasteiger partial charge on any atom is -0.316 e. The zero-order chi connectivity index (χ0) is 10.4. The van der Waals surface area contributed by atoms with Crippen LogP contribution in [-0.2, 0) is 6.42 Å². The van der Waals surface area contributed by atoms with Crippen LogP contribution in [-0.4, -0.2) is 13.1 Å². The van der Waals surface area contributed by atoms with Gasteiger partial charge in [-0.05, 0) is 50.0 Å². The second-order valence-electron chi connectivity index (χ2n) is 3.58. The first-order chi connectivity index (χ1) is 6.74. The van der Waals surface area contributed by atoms with Gasteiger partial charge in [0, 0.05) is 5.02 Å². The zero-order valence-electron chi connectivity index (χ0n) is 8.94. The summed E-state index contributed by atoms with van der Waals surface area (Å²) in [7, 11) is 0. The number of aryl methyl sites for hydroxylation is 1. The Morgan fingerprint density at radius 3 is 2.71 bits per heavy atom. The first-order valence-electron chi connectivity index (χ1n) is 5.19. The molecule has 0 aliphatic rings. The van der Waals surface area contributed by atoms with Crippen LogP contribution < -0.4 is 5.32 Å². The maximum atomic E-state index is 6.03. The highest BCUT2D eigenvalue weighted by Crippen LogP contribution is 2.16. The number of hydrogen-bond donors (Lipinski definition) is 1. The Labute approximate surface area is 91.5 Å². The van der Waals surface area contributed by atoms with Crippen molar-refractivity contribution >= 4 is 11.6 Å². The smallest absolute Gasteiger partial charge is 0.0437 e. The summed E-state index contributed by atoms with van der Waals surface area (Å²) in [6.45, 7) is 6.34. The van der Waals surface area contributed by atoms with Crippen LogP contribution in [0.3, 0.4) is 0 Å². The molecule has 0 saturated heterocycles. The van der Waals surface area contributed by atoms with E-state index in [1.807, 2.05) is 6.92 Å². The van der Waals surface area contributed by atoms with Gasteiger partial charge in [0.05, 0.1) is 0 Å². The number of benzene rings is 1. The molecular weight excluding hydrogens is 194 g/mol. The lowest BCUT2D eigenvalue weighted by molar-refractivity contribution is 0.671. The standard InChI is InChI=1S/C12H18ClN/c1-3-7-14-8-6-11-5-4-10(2)12(13)9-11/h4-5,9,14H,3,6-8H2,1-2H3. The van der Waals surface area contributed by atoms with Crippen LogP contribution in [0, 0.1) is 6.92 Å². The molecule has 0 saturated carbocycles. The molecule has 0 amide bonds. The van der Waals surface area contributed by atoms with Crippen molar-refractivity contribution < 1.29 is 0 Å². The van der Waals surface area contributed by atoms with Gasteiger partial charge in [-0.3, -0.25) is 0 Å². The Morgan fingerprint density at radius 1 is 1.29 bits per heavy atom. The van der Waals surface area contributed by atoms with Crippen LogP contribution in [0.15, 0.2) is 18.2 Å². The van der Waals surface area contributed by atoms with Crippen molar-refractivity contribution in [1.82, 2.24) is 5.32 Å². The third kappa shape index (κ3) is 3.69. The highest BCUT2D eigenvalue weighted by molar-refractivity contribution is 6.31. The second kappa shape index (κ2) is 6.05. The predicted molar refractivity (Wildman–Crippen MR) is 63.1 cm³/mol. The summed E-state index contributed by atoms with van der Waals surface area (Å²) in [5.74, 6) is 0. The summed E-state index contributed by atoms with van der Waals surface area (Å²) in [5, 5.41) is 4.25. The Balaban J connectivity index is 2.39. The van der Waals surface area contributed by atoms with Gasteiger partial charge >= 0.3 is 0 Å². The van der Waals surface area contributed by atoms with Crippen molar-refractivity contribution in [3.05, 3.63) is 34.3 Å². The van der Waals surface area contributed by atoms with Crippen LogP contribution in [0.2, 0.25) is 5.02 Å². The van der Waals surface area contributed by atoms with Gasteiger partial charge in [0.25, 0.3) is 0 Å². The quantitative estimate of drug-likeness (QED) is 0.738. The molecule has 0 unspecified atom stereocenters. The molecule has 0 spiro atoms. The minimum absolute atomic E-state index is 0.873. The molecule has 1 aromatic carbocycles. The molecule has 0 heterocycles. The van der Waals surface area contributed by atoms with Crippen molar-refractivity contribution in [2.24, 2.45) is 0 Å². The van der Waals surface area contributed by atoms with Gasteiger partial charge in [0.2, 0.25) is 0 Å². The van der Waals surface area contributed by atoms with E-state index < -0.39 is 0 Å². The van der Waals surface area contributed by atoms with Gasteiger partial charge in [0.15, 0.2) is 0 Å².